The Morgan fingerprint density at radius 3 is 2.56 bits per heavy atom. The lowest BCUT2D eigenvalue weighted by atomic mass is 9.94. The van der Waals surface area contributed by atoms with E-state index < -0.39 is 10.0 Å². The Kier molecular flexibility index (Phi) is 6.08. The molecule has 0 aromatic heterocycles. The highest BCUT2D eigenvalue weighted by Gasteiger charge is 2.26. The van der Waals surface area contributed by atoms with E-state index in [1.165, 1.54) is 36.2 Å². The number of hydrogen-bond acceptors (Lipinski definition) is 3. The molecule has 2 atom stereocenters. The van der Waals surface area contributed by atoms with E-state index in [4.69, 9.17) is 0 Å². The maximum Gasteiger partial charge on any atom is 0.210 e. The van der Waals surface area contributed by atoms with Crippen LogP contribution in [0.1, 0.15) is 46.0 Å². The Morgan fingerprint density at radius 2 is 2.00 bits per heavy atom. The molecule has 0 saturated carbocycles. The van der Waals surface area contributed by atoms with Crippen LogP contribution in [0.3, 0.4) is 0 Å². The van der Waals surface area contributed by atoms with Gasteiger partial charge in [-0.1, -0.05) is 13.3 Å². The summed E-state index contributed by atoms with van der Waals surface area (Å²) in [5.74, 6) is 0. The predicted molar refractivity (Wildman–Crippen MR) is 76.2 cm³/mol. The van der Waals surface area contributed by atoms with Crippen LogP contribution in [0.15, 0.2) is 0 Å². The van der Waals surface area contributed by atoms with Crippen molar-refractivity contribution in [1.82, 2.24) is 9.21 Å². The van der Waals surface area contributed by atoms with Crippen molar-refractivity contribution >= 4 is 10.0 Å². The molecule has 0 aromatic carbocycles. The van der Waals surface area contributed by atoms with Crippen molar-refractivity contribution < 1.29 is 8.42 Å². The molecule has 0 bridgehead atoms. The summed E-state index contributed by atoms with van der Waals surface area (Å²) in [6.07, 6.45) is 7.29. The summed E-state index contributed by atoms with van der Waals surface area (Å²) in [5.41, 5.74) is 0. The van der Waals surface area contributed by atoms with Gasteiger partial charge in [-0.25, -0.2) is 12.7 Å². The predicted octanol–water partition coefficient (Wildman–Crippen LogP) is 1.92. The minimum atomic E-state index is -3.02. The molecule has 1 fully saturated rings. The van der Waals surface area contributed by atoms with Crippen molar-refractivity contribution in [2.75, 3.05) is 26.4 Å². The molecule has 0 unspecified atom stereocenters. The number of hydrogen-bond donors (Lipinski definition) is 0. The van der Waals surface area contributed by atoms with E-state index in [-0.39, 0.29) is 0 Å². The molecule has 0 aliphatic carbocycles. The Morgan fingerprint density at radius 1 is 1.33 bits per heavy atom. The topological polar surface area (TPSA) is 40.6 Å². The van der Waals surface area contributed by atoms with Crippen LogP contribution in [0.2, 0.25) is 0 Å². The van der Waals surface area contributed by atoms with Gasteiger partial charge in [0.15, 0.2) is 0 Å². The highest BCUT2D eigenvalue weighted by atomic mass is 32.2. The molecule has 18 heavy (non-hydrogen) atoms. The van der Waals surface area contributed by atoms with Crippen molar-refractivity contribution in [3.05, 3.63) is 0 Å². The van der Waals surface area contributed by atoms with Gasteiger partial charge in [0, 0.05) is 25.7 Å². The van der Waals surface area contributed by atoms with Crippen LogP contribution in [0, 0.1) is 0 Å². The number of sulfonamides is 1. The first-order valence-corrected chi connectivity index (χ1v) is 8.88. The Balaban J connectivity index is 2.41. The molecule has 1 heterocycles. The van der Waals surface area contributed by atoms with Crippen LogP contribution < -0.4 is 0 Å². The normalized spacial score (nSPS) is 26.7. The monoisotopic (exact) mass is 276 g/mol. The first kappa shape index (κ1) is 15.9. The molecular formula is C13H28N2O2S. The first-order chi connectivity index (χ1) is 8.36. The van der Waals surface area contributed by atoms with Crippen LogP contribution in [0.25, 0.3) is 0 Å². The number of piperidine rings is 1. The average Bonchev–Trinajstić information content (AvgIpc) is 2.29. The van der Waals surface area contributed by atoms with Crippen LogP contribution in [-0.4, -0.2) is 56.1 Å². The summed E-state index contributed by atoms with van der Waals surface area (Å²) in [6.45, 7) is 6.18. The van der Waals surface area contributed by atoms with Crippen molar-refractivity contribution in [2.45, 2.75) is 58.0 Å². The highest BCUT2D eigenvalue weighted by Crippen LogP contribution is 2.24. The molecular weight excluding hydrogens is 248 g/mol. The summed E-state index contributed by atoms with van der Waals surface area (Å²) in [6, 6.07) is 1.34. The average molecular weight is 276 g/mol. The Labute approximate surface area is 112 Å². The second-order valence-electron chi connectivity index (χ2n) is 5.52. The van der Waals surface area contributed by atoms with Crippen molar-refractivity contribution in [2.24, 2.45) is 0 Å². The van der Waals surface area contributed by atoms with Gasteiger partial charge in [0.05, 0.1) is 6.26 Å². The third-order valence-corrected chi connectivity index (χ3v) is 5.44. The smallest absolute Gasteiger partial charge is 0.210 e. The van der Waals surface area contributed by atoms with Gasteiger partial charge < -0.3 is 0 Å². The Bertz CT molecular complexity index is 343. The van der Waals surface area contributed by atoms with E-state index in [2.05, 4.69) is 18.7 Å². The molecule has 1 aliphatic heterocycles. The molecule has 4 nitrogen and oxygen atoms in total. The molecule has 0 radical (unpaired) electrons. The van der Waals surface area contributed by atoms with Gasteiger partial charge >= 0.3 is 0 Å². The molecule has 0 spiro atoms. The fraction of sp³-hybridized carbons (Fsp3) is 1.00. The maximum absolute atomic E-state index is 11.3. The third kappa shape index (κ3) is 4.52. The van der Waals surface area contributed by atoms with E-state index in [0.717, 1.165) is 13.0 Å². The maximum atomic E-state index is 11.3. The zero-order chi connectivity index (χ0) is 13.8. The fourth-order valence-electron chi connectivity index (χ4n) is 2.82. The summed E-state index contributed by atoms with van der Waals surface area (Å²) >= 11 is 0. The molecule has 1 aliphatic rings. The zero-order valence-electron chi connectivity index (χ0n) is 12.2. The summed E-state index contributed by atoms with van der Waals surface area (Å²) in [7, 11) is -1.36. The molecule has 1 rings (SSSR count). The van der Waals surface area contributed by atoms with E-state index >= 15 is 0 Å². The van der Waals surface area contributed by atoms with E-state index in [1.807, 2.05) is 0 Å². The quantitative estimate of drug-likeness (QED) is 0.744. The van der Waals surface area contributed by atoms with E-state index in [9.17, 15) is 8.42 Å². The van der Waals surface area contributed by atoms with Crippen LogP contribution in [0.4, 0.5) is 0 Å². The van der Waals surface area contributed by atoms with Gasteiger partial charge in [-0.15, -0.1) is 0 Å². The zero-order valence-corrected chi connectivity index (χ0v) is 13.0. The minimum Gasteiger partial charge on any atom is -0.298 e. The van der Waals surface area contributed by atoms with Crippen LogP contribution >= 0.6 is 0 Å². The van der Waals surface area contributed by atoms with Gasteiger partial charge in [-0.05, 0) is 39.2 Å². The standard InChI is InChI=1S/C13H28N2O2S/c1-5-13-9-6-8-12(2)15(13)11-7-10-14(3)18(4,16)17/h12-13H,5-11H2,1-4H3/t12-,13+/m1/s1. The van der Waals surface area contributed by atoms with E-state index in [1.54, 1.807) is 7.05 Å². The lowest BCUT2D eigenvalue weighted by Gasteiger charge is -2.40. The second kappa shape index (κ2) is 6.87. The molecule has 1 saturated heterocycles. The number of rotatable bonds is 6. The van der Waals surface area contributed by atoms with Crippen molar-refractivity contribution in [3.8, 4) is 0 Å². The second-order valence-corrected chi connectivity index (χ2v) is 7.61. The van der Waals surface area contributed by atoms with Crippen molar-refractivity contribution in [1.29, 1.82) is 0 Å². The minimum absolute atomic E-state index is 0.623. The Hall–Kier alpha value is -0.130. The van der Waals surface area contributed by atoms with Gasteiger partial charge in [0.25, 0.3) is 0 Å². The molecule has 0 amide bonds. The molecule has 108 valence electrons. The number of nitrogens with zero attached hydrogens (tertiary/aromatic N) is 2. The highest BCUT2D eigenvalue weighted by molar-refractivity contribution is 7.88. The molecule has 5 heteroatoms. The summed E-state index contributed by atoms with van der Waals surface area (Å²) in [5, 5.41) is 0. The van der Waals surface area contributed by atoms with Crippen molar-refractivity contribution in [3.63, 3.8) is 0 Å². The summed E-state index contributed by atoms with van der Waals surface area (Å²) in [4.78, 5) is 2.57. The molecule has 0 N–H and O–H groups in total. The SMILES string of the molecule is CC[C@H]1CCC[C@@H](C)N1CCCN(C)S(C)(=O)=O. The van der Waals surface area contributed by atoms with Gasteiger partial charge in [-0.3, -0.25) is 4.90 Å². The summed E-state index contributed by atoms with van der Waals surface area (Å²) < 4.78 is 24.1. The van der Waals surface area contributed by atoms with E-state index in [0.29, 0.717) is 18.6 Å². The first-order valence-electron chi connectivity index (χ1n) is 7.03. The fourth-order valence-corrected chi connectivity index (χ4v) is 3.28. The lowest BCUT2D eigenvalue weighted by molar-refractivity contribution is 0.0876. The van der Waals surface area contributed by atoms with Crippen LogP contribution in [0.5, 0.6) is 0 Å². The largest absolute Gasteiger partial charge is 0.298 e. The molecule has 0 aromatic rings. The number of likely N-dealkylation sites (tertiary alicyclic amines) is 1. The van der Waals surface area contributed by atoms with Gasteiger partial charge in [0.1, 0.15) is 0 Å². The third-order valence-electron chi connectivity index (χ3n) is 4.12. The van der Waals surface area contributed by atoms with Gasteiger partial charge in [-0.2, -0.15) is 0 Å². The van der Waals surface area contributed by atoms with Gasteiger partial charge in [0.2, 0.25) is 10.0 Å². The lowest BCUT2D eigenvalue weighted by Crippen LogP contribution is -2.46. The van der Waals surface area contributed by atoms with Crippen LogP contribution in [-0.2, 0) is 10.0 Å².